The van der Waals surface area contributed by atoms with Crippen LogP contribution >= 0.6 is 0 Å². The lowest BCUT2D eigenvalue weighted by atomic mass is 10.4. The second kappa shape index (κ2) is 3.66. The molecule has 0 aliphatic heterocycles. The van der Waals surface area contributed by atoms with Crippen molar-refractivity contribution in [1.29, 1.82) is 5.41 Å². The van der Waals surface area contributed by atoms with Gasteiger partial charge in [0.2, 0.25) is 0 Å². The molecular formula is C7H11N5. The van der Waals surface area contributed by atoms with Crippen molar-refractivity contribution in [3.63, 3.8) is 0 Å². The molecule has 0 radical (unpaired) electrons. The number of rotatable bonds is 3. The Bertz CT molecular complexity index is 266. The van der Waals surface area contributed by atoms with Crippen molar-refractivity contribution < 1.29 is 0 Å². The highest BCUT2D eigenvalue weighted by atomic mass is 15.0. The maximum absolute atomic E-state index is 7.06. The molecule has 12 heavy (non-hydrogen) atoms. The quantitative estimate of drug-likeness (QED) is 0.440. The minimum absolute atomic E-state index is 0.0643. The Hall–Kier alpha value is -1.65. The maximum atomic E-state index is 7.06. The van der Waals surface area contributed by atoms with Crippen LogP contribution in [0.25, 0.3) is 0 Å². The zero-order valence-corrected chi connectivity index (χ0v) is 6.83. The number of nitrogens with zero attached hydrogens (tertiary/aromatic N) is 2. The summed E-state index contributed by atoms with van der Waals surface area (Å²) >= 11 is 0. The second-order valence-electron chi connectivity index (χ2n) is 2.23. The number of hydrogen-bond donors (Lipinski definition) is 3. The van der Waals surface area contributed by atoms with Gasteiger partial charge in [-0.1, -0.05) is 0 Å². The van der Waals surface area contributed by atoms with Crippen molar-refractivity contribution in [2.45, 2.75) is 6.92 Å². The van der Waals surface area contributed by atoms with E-state index in [-0.39, 0.29) is 5.84 Å². The molecule has 0 bridgehead atoms. The van der Waals surface area contributed by atoms with E-state index in [1.54, 1.807) is 6.20 Å². The molecule has 64 valence electrons. The van der Waals surface area contributed by atoms with Gasteiger partial charge in [0.05, 0.1) is 12.4 Å². The predicted molar refractivity (Wildman–Crippen MR) is 47.2 cm³/mol. The molecule has 0 amide bonds. The molecule has 1 heterocycles. The zero-order chi connectivity index (χ0) is 8.97. The van der Waals surface area contributed by atoms with Gasteiger partial charge in [-0.05, 0) is 6.92 Å². The summed E-state index contributed by atoms with van der Waals surface area (Å²) in [7, 11) is 0. The fourth-order valence-electron chi connectivity index (χ4n) is 0.740. The number of aromatic nitrogens is 2. The first kappa shape index (κ1) is 8.45. The lowest BCUT2D eigenvalue weighted by Gasteiger charge is -2.01. The van der Waals surface area contributed by atoms with Crippen molar-refractivity contribution in [3.05, 3.63) is 18.1 Å². The fourth-order valence-corrected chi connectivity index (χ4v) is 0.740. The van der Waals surface area contributed by atoms with Crippen LogP contribution in [0.2, 0.25) is 0 Å². The molecule has 0 unspecified atom stereocenters. The SMILES string of the molecule is CCNc1cnc(C(=N)N)cn1. The summed E-state index contributed by atoms with van der Waals surface area (Å²) in [6, 6.07) is 0. The Labute approximate surface area is 70.5 Å². The van der Waals surface area contributed by atoms with Crippen molar-refractivity contribution in [3.8, 4) is 0 Å². The molecule has 1 aromatic heterocycles. The van der Waals surface area contributed by atoms with Crippen LogP contribution in [0.4, 0.5) is 5.82 Å². The molecule has 0 fully saturated rings. The van der Waals surface area contributed by atoms with E-state index in [4.69, 9.17) is 11.1 Å². The fraction of sp³-hybridized carbons (Fsp3) is 0.286. The van der Waals surface area contributed by atoms with E-state index in [1.165, 1.54) is 6.20 Å². The normalized spacial score (nSPS) is 9.42. The summed E-state index contributed by atoms with van der Waals surface area (Å²) in [5.41, 5.74) is 5.60. The highest BCUT2D eigenvalue weighted by molar-refractivity contribution is 5.92. The van der Waals surface area contributed by atoms with E-state index in [0.717, 1.165) is 6.54 Å². The minimum Gasteiger partial charge on any atom is -0.382 e. The van der Waals surface area contributed by atoms with Crippen molar-refractivity contribution >= 4 is 11.7 Å². The molecule has 0 saturated heterocycles. The minimum atomic E-state index is -0.0643. The van der Waals surface area contributed by atoms with Crippen molar-refractivity contribution in [2.24, 2.45) is 5.73 Å². The largest absolute Gasteiger partial charge is 0.382 e. The van der Waals surface area contributed by atoms with Gasteiger partial charge in [-0.25, -0.2) is 9.97 Å². The van der Waals surface area contributed by atoms with E-state index in [1.807, 2.05) is 6.92 Å². The summed E-state index contributed by atoms with van der Waals surface area (Å²) in [5, 5.41) is 10.1. The molecule has 1 rings (SSSR count). The molecule has 0 saturated carbocycles. The van der Waals surface area contributed by atoms with Crippen LogP contribution in [0.3, 0.4) is 0 Å². The van der Waals surface area contributed by atoms with Crippen LogP contribution in [0, 0.1) is 5.41 Å². The van der Waals surface area contributed by atoms with Gasteiger partial charge in [-0.2, -0.15) is 0 Å². The Balaban J connectivity index is 2.78. The Morgan fingerprint density at radius 2 is 2.33 bits per heavy atom. The van der Waals surface area contributed by atoms with Gasteiger partial charge in [0.1, 0.15) is 17.3 Å². The third-order valence-corrected chi connectivity index (χ3v) is 1.29. The highest BCUT2D eigenvalue weighted by Crippen LogP contribution is 1.99. The number of nitrogen functional groups attached to an aromatic ring is 1. The molecule has 1 aromatic rings. The number of nitrogens with two attached hydrogens (primary N) is 1. The average molecular weight is 165 g/mol. The lowest BCUT2D eigenvalue weighted by molar-refractivity contribution is 1.11. The summed E-state index contributed by atoms with van der Waals surface area (Å²) in [6.07, 6.45) is 3.03. The summed E-state index contributed by atoms with van der Waals surface area (Å²) < 4.78 is 0. The third kappa shape index (κ3) is 1.91. The van der Waals surface area contributed by atoms with E-state index in [9.17, 15) is 0 Å². The van der Waals surface area contributed by atoms with Crippen LogP contribution in [-0.2, 0) is 0 Å². The van der Waals surface area contributed by atoms with E-state index < -0.39 is 0 Å². The monoisotopic (exact) mass is 165 g/mol. The molecule has 0 aromatic carbocycles. The second-order valence-corrected chi connectivity index (χ2v) is 2.23. The Morgan fingerprint density at radius 3 is 2.75 bits per heavy atom. The van der Waals surface area contributed by atoms with Gasteiger partial charge in [0.25, 0.3) is 0 Å². The summed E-state index contributed by atoms with van der Waals surface area (Å²) in [5.74, 6) is 0.632. The highest BCUT2D eigenvalue weighted by Gasteiger charge is 1.97. The average Bonchev–Trinajstić information content (AvgIpc) is 2.06. The Kier molecular flexibility index (Phi) is 2.57. The molecule has 0 atom stereocenters. The van der Waals surface area contributed by atoms with Gasteiger partial charge < -0.3 is 11.1 Å². The van der Waals surface area contributed by atoms with Crippen LogP contribution in [-0.4, -0.2) is 22.3 Å². The van der Waals surface area contributed by atoms with E-state index >= 15 is 0 Å². The number of nitrogens with one attached hydrogen (secondary N) is 2. The first-order valence-electron chi connectivity index (χ1n) is 3.64. The van der Waals surface area contributed by atoms with E-state index in [0.29, 0.717) is 11.5 Å². The predicted octanol–water partition coefficient (Wildman–Crippen LogP) is 0.192. The van der Waals surface area contributed by atoms with Crippen LogP contribution in [0.1, 0.15) is 12.6 Å². The van der Waals surface area contributed by atoms with Crippen LogP contribution in [0.15, 0.2) is 12.4 Å². The van der Waals surface area contributed by atoms with Crippen molar-refractivity contribution in [2.75, 3.05) is 11.9 Å². The molecule has 5 heteroatoms. The molecule has 0 spiro atoms. The first-order chi connectivity index (χ1) is 5.74. The first-order valence-corrected chi connectivity index (χ1v) is 3.64. The third-order valence-electron chi connectivity index (χ3n) is 1.29. The van der Waals surface area contributed by atoms with Gasteiger partial charge in [0, 0.05) is 6.54 Å². The van der Waals surface area contributed by atoms with Gasteiger partial charge >= 0.3 is 0 Å². The standard InChI is InChI=1S/C7H11N5/c1-2-10-6-4-11-5(3-12-6)7(8)9/h3-4H,2H2,1H3,(H3,8,9)(H,10,12). The zero-order valence-electron chi connectivity index (χ0n) is 6.83. The summed E-state index contributed by atoms with van der Waals surface area (Å²) in [4.78, 5) is 7.92. The Morgan fingerprint density at radius 1 is 1.58 bits per heavy atom. The van der Waals surface area contributed by atoms with Gasteiger partial charge in [-0.3, -0.25) is 5.41 Å². The van der Waals surface area contributed by atoms with E-state index in [2.05, 4.69) is 15.3 Å². The van der Waals surface area contributed by atoms with Crippen molar-refractivity contribution in [1.82, 2.24) is 9.97 Å². The van der Waals surface area contributed by atoms with Crippen LogP contribution in [0.5, 0.6) is 0 Å². The molecular weight excluding hydrogens is 154 g/mol. The van der Waals surface area contributed by atoms with Crippen LogP contribution < -0.4 is 11.1 Å². The molecule has 0 aliphatic rings. The number of anilines is 1. The maximum Gasteiger partial charge on any atom is 0.144 e. The number of amidine groups is 1. The van der Waals surface area contributed by atoms with Gasteiger partial charge in [0.15, 0.2) is 0 Å². The van der Waals surface area contributed by atoms with Gasteiger partial charge in [-0.15, -0.1) is 0 Å². The summed E-state index contributed by atoms with van der Waals surface area (Å²) in [6.45, 7) is 2.77. The smallest absolute Gasteiger partial charge is 0.144 e. The molecule has 4 N–H and O–H groups in total. The molecule has 5 nitrogen and oxygen atoms in total. The lowest BCUT2D eigenvalue weighted by Crippen LogP contribution is -2.13. The molecule has 0 aliphatic carbocycles. The topological polar surface area (TPSA) is 87.7 Å². The number of hydrogen-bond acceptors (Lipinski definition) is 4.